The van der Waals surface area contributed by atoms with Crippen molar-refractivity contribution in [2.24, 2.45) is 0 Å². The summed E-state index contributed by atoms with van der Waals surface area (Å²) in [6.45, 7) is 2.83. The van der Waals surface area contributed by atoms with Crippen LogP contribution in [0.15, 0.2) is 48.5 Å². The highest BCUT2D eigenvalue weighted by atomic mass is 35.5. The highest BCUT2D eigenvalue weighted by Gasteiger charge is 2.20. The van der Waals surface area contributed by atoms with E-state index in [1.165, 1.54) is 17.5 Å². The van der Waals surface area contributed by atoms with Crippen molar-refractivity contribution in [1.29, 1.82) is 0 Å². The second-order valence-electron chi connectivity index (χ2n) is 6.73. The Morgan fingerprint density at radius 1 is 1.20 bits per heavy atom. The molecule has 2 aromatic rings. The van der Waals surface area contributed by atoms with Gasteiger partial charge < -0.3 is 15.2 Å². The van der Waals surface area contributed by atoms with Gasteiger partial charge in [0.25, 0.3) is 0 Å². The van der Waals surface area contributed by atoms with E-state index in [0.29, 0.717) is 24.2 Å². The number of aliphatic hydroxyl groups excluding tert-OH is 1. The molecule has 3 atom stereocenters. The van der Waals surface area contributed by atoms with Crippen LogP contribution in [0.25, 0.3) is 0 Å². The number of rotatable bonds is 7. The number of ether oxygens (including phenoxy) is 1. The molecule has 2 aromatic carbocycles. The van der Waals surface area contributed by atoms with Gasteiger partial charge in [0.1, 0.15) is 0 Å². The van der Waals surface area contributed by atoms with Gasteiger partial charge in [-0.25, -0.2) is 0 Å². The number of hydrogen-bond acceptors (Lipinski definition) is 3. The predicted molar refractivity (Wildman–Crippen MR) is 102 cm³/mol. The average Bonchev–Trinajstić information content (AvgIpc) is 2.65. The molecule has 3 unspecified atom stereocenters. The molecule has 3 rings (SSSR count). The van der Waals surface area contributed by atoms with Gasteiger partial charge in [0.05, 0.1) is 18.8 Å². The Kier molecular flexibility index (Phi) is 6.49. The summed E-state index contributed by atoms with van der Waals surface area (Å²) in [5.74, 6) is 0. The standard InChI is InChI=1S/C21H26ClNO2/c1-15(16-9-11-18(22)12-10-16)25-14-19(24)13-23-21-8-4-6-17-5-2-3-7-20(17)21/h2-3,5,7,9-12,15,19,21,23-24H,4,6,8,13-14H2,1H3. The van der Waals surface area contributed by atoms with Gasteiger partial charge in [-0.1, -0.05) is 48.0 Å². The van der Waals surface area contributed by atoms with Crippen LogP contribution in [-0.2, 0) is 11.2 Å². The summed E-state index contributed by atoms with van der Waals surface area (Å²) in [6, 6.07) is 16.5. The van der Waals surface area contributed by atoms with E-state index < -0.39 is 6.10 Å². The number of nitrogens with one attached hydrogen (secondary N) is 1. The molecule has 1 aliphatic rings. The fourth-order valence-electron chi connectivity index (χ4n) is 3.39. The van der Waals surface area contributed by atoms with E-state index >= 15 is 0 Å². The third-order valence-electron chi connectivity index (χ3n) is 4.85. The molecule has 0 saturated carbocycles. The summed E-state index contributed by atoms with van der Waals surface area (Å²) in [7, 11) is 0. The lowest BCUT2D eigenvalue weighted by Gasteiger charge is -2.27. The maximum absolute atomic E-state index is 10.3. The molecule has 1 aliphatic carbocycles. The molecule has 134 valence electrons. The topological polar surface area (TPSA) is 41.5 Å². The molecule has 0 aliphatic heterocycles. The van der Waals surface area contributed by atoms with Crippen molar-refractivity contribution >= 4 is 11.6 Å². The number of halogens is 1. The smallest absolute Gasteiger partial charge is 0.0898 e. The molecule has 2 N–H and O–H groups in total. The molecule has 0 bridgehead atoms. The Labute approximate surface area is 155 Å². The lowest BCUT2D eigenvalue weighted by molar-refractivity contribution is -0.00309. The first-order chi connectivity index (χ1) is 12.1. The van der Waals surface area contributed by atoms with E-state index in [1.807, 2.05) is 31.2 Å². The Hall–Kier alpha value is -1.39. The molecule has 0 saturated heterocycles. The third-order valence-corrected chi connectivity index (χ3v) is 5.10. The Bertz CT molecular complexity index is 674. The zero-order valence-electron chi connectivity index (χ0n) is 14.6. The quantitative estimate of drug-likeness (QED) is 0.767. The minimum absolute atomic E-state index is 0.0673. The number of benzene rings is 2. The minimum Gasteiger partial charge on any atom is -0.389 e. The van der Waals surface area contributed by atoms with Crippen LogP contribution in [0.1, 0.15) is 48.6 Å². The highest BCUT2D eigenvalue weighted by Crippen LogP contribution is 2.29. The van der Waals surface area contributed by atoms with Crippen molar-refractivity contribution in [1.82, 2.24) is 5.32 Å². The first-order valence-electron chi connectivity index (χ1n) is 9.00. The van der Waals surface area contributed by atoms with Crippen LogP contribution in [0.4, 0.5) is 0 Å². The third kappa shape index (κ3) is 5.05. The summed E-state index contributed by atoms with van der Waals surface area (Å²) in [4.78, 5) is 0. The van der Waals surface area contributed by atoms with E-state index in [2.05, 4.69) is 29.6 Å². The molecular weight excluding hydrogens is 334 g/mol. The van der Waals surface area contributed by atoms with Gasteiger partial charge in [-0.15, -0.1) is 0 Å². The minimum atomic E-state index is -0.524. The Balaban J connectivity index is 1.46. The first-order valence-corrected chi connectivity index (χ1v) is 9.37. The number of fused-ring (bicyclic) bond motifs is 1. The fraction of sp³-hybridized carbons (Fsp3) is 0.429. The fourth-order valence-corrected chi connectivity index (χ4v) is 3.51. The molecule has 0 spiro atoms. The van der Waals surface area contributed by atoms with Crippen molar-refractivity contribution in [3.8, 4) is 0 Å². The second kappa shape index (κ2) is 8.81. The van der Waals surface area contributed by atoms with E-state index in [-0.39, 0.29) is 6.10 Å². The van der Waals surface area contributed by atoms with Crippen LogP contribution in [-0.4, -0.2) is 24.4 Å². The normalized spacial score (nSPS) is 19.2. The summed E-state index contributed by atoms with van der Waals surface area (Å²) in [6.07, 6.45) is 2.87. The molecule has 0 heterocycles. The van der Waals surface area contributed by atoms with Crippen LogP contribution in [0, 0.1) is 0 Å². The SMILES string of the molecule is CC(OCC(O)CNC1CCCc2ccccc21)c1ccc(Cl)cc1. The number of aryl methyl sites for hydroxylation is 1. The highest BCUT2D eigenvalue weighted by molar-refractivity contribution is 6.30. The summed E-state index contributed by atoms with van der Waals surface area (Å²) >= 11 is 5.91. The molecule has 4 heteroatoms. The van der Waals surface area contributed by atoms with Gasteiger partial charge in [-0.3, -0.25) is 0 Å². The van der Waals surface area contributed by atoms with Crippen LogP contribution in [0.5, 0.6) is 0 Å². The van der Waals surface area contributed by atoms with Crippen LogP contribution in [0.3, 0.4) is 0 Å². The van der Waals surface area contributed by atoms with E-state index in [0.717, 1.165) is 18.4 Å². The summed E-state index contributed by atoms with van der Waals surface area (Å²) in [5, 5.41) is 14.5. The lowest BCUT2D eigenvalue weighted by Crippen LogP contribution is -2.34. The Morgan fingerprint density at radius 3 is 2.76 bits per heavy atom. The van der Waals surface area contributed by atoms with E-state index in [9.17, 15) is 5.11 Å². The van der Waals surface area contributed by atoms with E-state index in [1.54, 1.807) is 0 Å². The van der Waals surface area contributed by atoms with Gasteiger partial charge in [-0.05, 0) is 55.0 Å². The first kappa shape index (κ1) is 18.4. The molecule has 0 radical (unpaired) electrons. The van der Waals surface area contributed by atoms with Crippen molar-refractivity contribution in [3.05, 3.63) is 70.2 Å². The van der Waals surface area contributed by atoms with Gasteiger partial charge in [-0.2, -0.15) is 0 Å². The monoisotopic (exact) mass is 359 g/mol. The van der Waals surface area contributed by atoms with Crippen LogP contribution < -0.4 is 5.32 Å². The van der Waals surface area contributed by atoms with Gasteiger partial charge in [0.2, 0.25) is 0 Å². The molecule has 0 aromatic heterocycles. The molecule has 0 fully saturated rings. The number of hydrogen-bond donors (Lipinski definition) is 2. The van der Waals surface area contributed by atoms with Crippen molar-refractivity contribution in [3.63, 3.8) is 0 Å². The van der Waals surface area contributed by atoms with Crippen LogP contribution in [0.2, 0.25) is 5.02 Å². The molecule has 0 amide bonds. The lowest BCUT2D eigenvalue weighted by atomic mass is 9.88. The number of aliphatic hydroxyl groups is 1. The second-order valence-corrected chi connectivity index (χ2v) is 7.17. The zero-order valence-corrected chi connectivity index (χ0v) is 15.4. The summed E-state index contributed by atoms with van der Waals surface area (Å²) in [5.41, 5.74) is 3.86. The Morgan fingerprint density at radius 2 is 1.96 bits per heavy atom. The van der Waals surface area contributed by atoms with Gasteiger partial charge in [0, 0.05) is 17.6 Å². The molecule has 25 heavy (non-hydrogen) atoms. The van der Waals surface area contributed by atoms with Crippen molar-refractivity contribution in [2.75, 3.05) is 13.2 Å². The van der Waals surface area contributed by atoms with E-state index in [4.69, 9.17) is 16.3 Å². The van der Waals surface area contributed by atoms with Crippen molar-refractivity contribution < 1.29 is 9.84 Å². The van der Waals surface area contributed by atoms with Gasteiger partial charge in [0.15, 0.2) is 0 Å². The predicted octanol–water partition coefficient (Wildman–Crippen LogP) is 4.45. The van der Waals surface area contributed by atoms with Gasteiger partial charge >= 0.3 is 0 Å². The zero-order chi connectivity index (χ0) is 17.6. The van der Waals surface area contributed by atoms with Crippen molar-refractivity contribution in [2.45, 2.75) is 44.4 Å². The summed E-state index contributed by atoms with van der Waals surface area (Å²) < 4.78 is 5.81. The molecular formula is C21H26ClNO2. The van der Waals surface area contributed by atoms with Crippen LogP contribution >= 0.6 is 11.6 Å². The average molecular weight is 360 g/mol. The maximum atomic E-state index is 10.3. The largest absolute Gasteiger partial charge is 0.389 e. The maximum Gasteiger partial charge on any atom is 0.0898 e. The molecule has 3 nitrogen and oxygen atoms in total.